The van der Waals surface area contributed by atoms with Gasteiger partial charge in [-0.25, -0.2) is 0 Å². The molecule has 0 saturated heterocycles. The molecular formula is C14H21BrN2O2. The Bertz CT molecular complexity index is 422. The Morgan fingerprint density at radius 3 is 2.68 bits per heavy atom. The van der Waals surface area contributed by atoms with E-state index in [4.69, 9.17) is 4.74 Å². The normalized spacial score (nSPS) is 13.5. The summed E-state index contributed by atoms with van der Waals surface area (Å²) in [7, 11) is 3.97. The Kier molecular flexibility index (Phi) is 6.15. The molecule has 0 spiro atoms. The molecule has 0 aliphatic carbocycles. The third-order valence-electron chi connectivity index (χ3n) is 2.60. The highest BCUT2D eigenvalue weighted by molar-refractivity contribution is 9.10. The van der Waals surface area contributed by atoms with Crippen molar-refractivity contribution < 1.29 is 9.53 Å². The first kappa shape index (κ1) is 15.8. The lowest BCUT2D eigenvalue weighted by Crippen LogP contribution is -2.36. The number of benzene rings is 1. The number of ether oxygens (including phenoxy) is 1. The van der Waals surface area contributed by atoms with Gasteiger partial charge in [0.15, 0.2) is 0 Å². The molecular weight excluding hydrogens is 308 g/mol. The summed E-state index contributed by atoms with van der Waals surface area (Å²) in [5.74, 6) is 0.775. The number of hydrogen-bond donors (Lipinski definition) is 1. The van der Waals surface area contributed by atoms with Crippen molar-refractivity contribution in [1.82, 2.24) is 5.32 Å². The summed E-state index contributed by atoms with van der Waals surface area (Å²) < 4.78 is 5.78. The molecule has 1 amide bonds. The predicted octanol–water partition coefficient (Wildman–Crippen LogP) is 2.42. The molecule has 0 saturated carbocycles. The van der Waals surface area contributed by atoms with Gasteiger partial charge in [-0.15, -0.1) is 0 Å². The van der Waals surface area contributed by atoms with Gasteiger partial charge in [-0.1, -0.05) is 22.0 Å². The van der Waals surface area contributed by atoms with Crippen molar-refractivity contribution in [2.75, 3.05) is 25.5 Å². The SMILES string of the molecule is CC(CNC(=O)C(C)Br)Oc1cccc(N(C)C)c1. The topological polar surface area (TPSA) is 41.6 Å². The summed E-state index contributed by atoms with van der Waals surface area (Å²) in [5.41, 5.74) is 1.09. The molecule has 5 heteroatoms. The van der Waals surface area contributed by atoms with Gasteiger partial charge in [0.25, 0.3) is 0 Å². The van der Waals surface area contributed by atoms with Crippen LogP contribution in [-0.4, -0.2) is 37.5 Å². The van der Waals surface area contributed by atoms with Crippen LogP contribution in [0.4, 0.5) is 5.69 Å². The van der Waals surface area contributed by atoms with Crippen LogP contribution >= 0.6 is 15.9 Å². The summed E-state index contributed by atoms with van der Waals surface area (Å²) in [6.07, 6.45) is -0.0763. The first-order valence-corrected chi connectivity index (χ1v) is 7.17. The highest BCUT2D eigenvalue weighted by atomic mass is 79.9. The minimum Gasteiger partial charge on any atom is -0.489 e. The van der Waals surface area contributed by atoms with Gasteiger partial charge in [0.1, 0.15) is 11.9 Å². The second-order valence-electron chi connectivity index (χ2n) is 4.68. The molecule has 0 bridgehead atoms. The number of alkyl halides is 1. The first-order chi connectivity index (χ1) is 8.90. The summed E-state index contributed by atoms with van der Waals surface area (Å²) in [4.78, 5) is 13.3. The van der Waals surface area contributed by atoms with Gasteiger partial charge >= 0.3 is 0 Å². The maximum Gasteiger partial charge on any atom is 0.233 e. The Morgan fingerprint density at radius 1 is 1.42 bits per heavy atom. The van der Waals surface area contributed by atoms with Crippen LogP contribution in [-0.2, 0) is 4.79 Å². The van der Waals surface area contributed by atoms with Gasteiger partial charge in [-0.2, -0.15) is 0 Å². The molecule has 0 radical (unpaired) electrons. The van der Waals surface area contributed by atoms with Gasteiger partial charge < -0.3 is 15.0 Å². The first-order valence-electron chi connectivity index (χ1n) is 6.26. The maximum absolute atomic E-state index is 11.4. The molecule has 1 N–H and O–H groups in total. The number of hydrogen-bond acceptors (Lipinski definition) is 3. The van der Waals surface area contributed by atoms with Crippen molar-refractivity contribution >= 4 is 27.5 Å². The number of nitrogens with zero attached hydrogens (tertiary/aromatic N) is 1. The van der Waals surface area contributed by atoms with Crippen molar-refractivity contribution in [3.05, 3.63) is 24.3 Å². The largest absolute Gasteiger partial charge is 0.489 e. The second kappa shape index (κ2) is 7.38. The van der Waals surface area contributed by atoms with Crippen molar-refractivity contribution in [3.8, 4) is 5.75 Å². The third-order valence-corrected chi connectivity index (χ3v) is 3.01. The van der Waals surface area contributed by atoms with E-state index in [1.807, 2.05) is 50.2 Å². The van der Waals surface area contributed by atoms with Crippen LogP contribution in [0.1, 0.15) is 13.8 Å². The number of anilines is 1. The summed E-state index contributed by atoms with van der Waals surface area (Å²) in [6.45, 7) is 4.21. The number of rotatable bonds is 6. The van der Waals surface area contributed by atoms with Crippen LogP contribution < -0.4 is 15.0 Å². The molecule has 2 unspecified atom stereocenters. The average molecular weight is 329 g/mol. The van der Waals surface area contributed by atoms with Crippen LogP contribution in [0.5, 0.6) is 5.75 Å². The lowest BCUT2D eigenvalue weighted by Gasteiger charge is -2.18. The molecule has 1 aromatic rings. The van der Waals surface area contributed by atoms with Crippen molar-refractivity contribution in [1.29, 1.82) is 0 Å². The fraction of sp³-hybridized carbons (Fsp3) is 0.500. The van der Waals surface area contributed by atoms with Crippen molar-refractivity contribution in [2.24, 2.45) is 0 Å². The Balaban J connectivity index is 2.50. The monoisotopic (exact) mass is 328 g/mol. The molecule has 0 fully saturated rings. The van der Waals surface area contributed by atoms with Crippen LogP contribution in [0, 0.1) is 0 Å². The van der Waals surface area contributed by atoms with Gasteiger partial charge in [-0.3, -0.25) is 4.79 Å². The molecule has 106 valence electrons. The van der Waals surface area contributed by atoms with Crippen LogP contribution in [0.3, 0.4) is 0 Å². The van der Waals surface area contributed by atoms with Crippen LogP contribution in [0.2, 0.25) is 0 Å². The molecule has 2 atom stereocenters. The van der Waals surface area contributed by atoms with E-state index in [2.05, 4.69) is 21.2 Å². The zero-order valence-electron chi connectivity index (χ0n) is 11.8. The summed E-state index contributed by atoms with van der Waals surface area (Å²) >= 11 is 3.22. The van der Waals surface area contributed by atoms with Crippen LogP contribution in [0.25, 0.3) is 0 Å². The number of carbonyl (C=O) groups is 1. The van der Waals surface area contributed by atoms with Gasteiger partial charge in [0.05, 0.1) is 11.4 Å². The fourth-order valence-corrected chi connectivity index (χ4v) is 1.66. The molecule has 1 rings (SSSR count). The third kappa shape index (κ3) is 5.51. The van der Waals surface area contributed by atoms with Crippen molar-refractivity contribution in [2.45, 2.75) is 24.8 Å². The van der Waals surface area contributed by atoms with E-state index in [1.165, 1.54) is 0 Å². The molecule has 0 heterocycles. The highest BCUT2D eigenvalue weighted by Gasteiger charge is 2.11. The lowest BCUT2D eigenvalue weighted by atomic mass is 10.3. The quantitative estimate of drug-likeness (QED) is 0.815. The highest BCUT2D eigenvalue weighted by Crippen LogP contribution is 2.20. The number of halogens is 1. The minimum atomic E-state index is -0.184. The predicted molar refractivity (Wildman–Crippen MR) is 82.3 cm³/mol. The zero-order chi connectivity index (χ0) is 14.4. The molecule has 1 aromatic carbocycles. The minimum absolute atomic E-state index is 0.0301. The van der Waals surface area contributed by atoms with Gasteiger partial charge in [0, 0.05) is 25.8 Å². The fourth-order valence-electron chi connectivity index (χ4n) is 1.49. The van der Waals surface area contributed by atoms with Crippen molar-refractivity contribution in [3.63, 3.8) is 0 Å². The Labute approximate surface area is 123 Å². The van der Waals surface area contributed by atoms with E-state index >= 15 is 0 Å². The summed E-state index contributed by atoms with van der Waals surface area (Å²) in [5, 5.41) is 2.82. The lowest BCUT2D eigenvalue weighted by molar-refractivity contribution is -0.120. The van der Waals surface area contributed by atoms with E-state index in [0.29, 0.717) is 6.54 Å². The molecule has 19 heavy (non-hydrogen) atoms. The molecule has 0 aliphatic heterocycles. The van der Waals surface area contributed by atoms with E-state index in [-0.39, 0.29) is 16.8 Å². The van der Waals surface area contributed by atoms with Gasteiger partial charge in [-0.05, 0) is 26.0 Å². The maximum atomic E-state index is 11.4. The van der Waals surface area contributed by atoms with E-state index < -0.39 is 0 Å². The molecule has 4 nitrogen and oxygen atoms in total. The second-order valence-corrected chi connectivity index (χ2v) is 6.05. The van der Waals surface area contributed by atoms with E-state index in [1.54, 1.807) is 6.92 Å². The molecule has 0 aliphatic rings. The number of amides is 1. The standard InChI is InChI=1S/C14H21BrN2O2/c1-10(9-16-14(18)11(2)15)19-13-7-5-6-12(8-13)17(3)4/h5-8,10-11H,9H2,1-4H3,(H,16,18). The smallest absolute Gasteiger partial charge is 0.233 e. The summed E-state index contributed by atoms with van der Waals surface area (Å²) in [6, 6.07) is 7.87. The molecule has 0 aromatic heterocycles. The van der Waals surface area contributed by atoms with E-state index in [9.17, 15) is 4.79 Å². The van der Waals surface area contributed by atoms with Crippen LogP contribution in [0.15, 0.2) is 24.3 Å². The average Bonchev–Trinajstić information content (AvgIpc) is 2.36. The zero-order valence-corrected chi connectivity index (χ0v) is 13.4. The number of carbonyl (C=O) groups excluding carboxylic acids is 1. The Hall–Kier alpha value is -1.23. The van der Waals surface area contributed by atoms with E-state index in [0.717, 1.165) is 11.4 Å². The van der Waals surface area contributed by atoms with Gasteiger partial charge in [0.2, 0.25) is 5.91 Å². The number of nitrogens with one attached hydrogen (secondary N) is 1. The Morgan fingerprint density at radius 2 is 2.11 bits per heavy atom.